The smallest absolute Gasteiger partial charge is 0.0352 e. The number of hydrogen-bond donors (Lipinski definition) is 0. The highest BCUT2D eigenvalue weighted by Crippen LogP contribution is 2.54. The third-order valence-electron chi connectivity index (χ3n) is 4.76. The van der Waals surface area contributed by atoms with Crippen LogP contribution >= 0.6 is 0 Å². The van der Waals surface area contributed by atoms with Crippen molar-refractivity contribution in [1.29, 1.82) is 0 Å². The zero-order valence-corrected chi connectivity index (χ0v) is 9.42. The maximum Gasteiger partial charge on any atom is -0.0352 e. The van der Waals surface area contributed by atoms with Gasteiger partial charge in [0.1, 0.15) is 0 Å². The summed E-state index contributed by atoms with van der Waals surface area (Å²) in [6.07, 6.45) is 7.50. The molecule has 2 rings (SSSR count). The lowest BCUT2D eigenvalue weighted by molar-refractivity contribution is 0.323. The molecular weight excluding hydrogens is 156 g/mol. The molecule has 13 heavy (non-hydrogen) atoms. The largest absolute Gasteiger partial charge is 0.0651 e. The molecule has 0 N–H and O–H groups in total. The second kappa shape index (κ2) is 3.63. The Morgan fingerprint density at radius 1 is 0.846 bits per heavy atom. The molecule has 0 aromatic carbocycles. The Bertz CT molecular complexity index is 155. The first-order valence-electron chi connectivity index (χ1n) is 6.26. The van der Waals surface area contributed by atoms with Crippen molar-refractivity contribution in [1.82, 2.24) is 0 Å². The van der Waals surface area contributed by atoms with E-state index in [9.17, 15) is 0 Å². The van der Waals surface area contributed by atoms with Crippen LogP contribution in [-0.2, 0) is 0 Å². The minimum absolute atomic E-state index is 1.03. The van der Waals surface area contributed by atoms with E-state index in [1.165, 1.54) is 12.8 Å². The summed E-state index contributed by atoms with van der Waals surface area (Å²) in [6.45, 7) is 7.24. The highest BCUT2D eigenvalue weighted by molar-refractivity contribution is 4.95. The van der Waals surface area contributed by atoms with Crippen LogP contribution in [0.4, 0.5) is 0 Å². The van der Waals surface area contributed by atoms with E-state index in [-0.39, 0.29) is 0 Å². The van der Waals surface area contributed by atoms with E-state index in [2.05, 4.69) is 20.8 Å². The normalized spacial score (nSPS) is 49.6. The third-order valence-corrected chi connectivity index (χ3v) is 4.76. The summed E-state index contributed by atoms with van der Waals surface area (Å²) < 4.78 is 0. The van der Waals surface area contributed by atoms with Crippen LogP contribution in [0.3, 0.4) is 0 Å². The van der Waals surface area contributed by atoms with Gasteiger partial charge in [-0.3, -0.25) is 0 Å². The highest BCUT2D eigenvalue weighted by atomic mass is 14.5. The van der Waals surface area contributed by atoms with Crippen LogP contribution < -0.4 is 0 Å². The van der Waals surface area contributed by atoms with Gasteiger partial charge < -0.3 is 0 Å². The monoisotopic (exact) mass is 180 g/mol. The van der Waals surface area contributed by atoms with Gasteiger partial charge in [-0.15, -0.1) is 0 Å². The van der Waals surface area contributed by atoms with Gasteiger partial charge in [0.15, 0.2) is 0 Å². The molecule has 0 aliphatic heterocycles. The average Bonchev–Trinajstić information content (AvgIpc) is 2.61. The Kier molecular flexibility index (Phi) is 2.67. The van der Waals surface area contributed by atoms with E-state index < -0.39 is 0 Å². The van der Waals surface area contributed by atoms with Crippen molar-refractivity contribution in [2.24, 2.45) is 29.6 Å². The molecule has 4 atom stereocenters. The maximum absolute atomic E-state index is 2.46. The van der Waals surface area contributed by atoms with Gasteiger partial charge in [-0.2, -0.15) is 0 Å². The standard InChI is InChI=1S/C13H24/c1-4-10-8-11(5-2)13-7-9(3)6-12(10)13/h9-13H,4-8H2,1-3H3. The summed E-state index contributed by atoms with van der Waals surface area (Å²) in [6, 6.07) is 0. The van der Waals surface area contributed by atoms with Crippen molar-refractivity contribution in [3.8, 4) is 0 Å². The summed E-state index contributed by atoms with van der Waals surface area (Å²) in [5, 5.41) is 0. The van der Waals surface area contributed by atoms with Crippen molar-refractivity contribution in [3.05, 3.63) is 0 Å². The average molecular weight is 180 g/mol. The Morgan fingerprint density at radius 3 is 1.69 bits per heavy atom. The van der Waals surface area contributed by atoms with Gasteiger partial charge in [0.2, 0.25) is 0 Å². The number of rotatable bonds is 2. The first-order chi connectivity index (χ1) is 6.26. The highest BCUT2D eigenvalue weighted by Gasteiger charge is 2.45. The molecule has 2 fully saturated rings. The topological polar surface area (TPSA) is 0 Å². The first kappa shape index (κ1) is 9.55. The molecule has 0 heterocycles. The molecule has 0 bridgehead atoms. The summed E-state index contributed by atoms with van der Waals surface area (Å²) in [5.74, 6) is 5.42. The third kappa shape index (κ3) is 1.53. The van der Waals surface area contributed by atoms with Crippen LogP contribution in [0.25, 0.3) is 0 Å². The van der Waals surface area contributed by atoms with Gasteiger partial charge in [0.05, 0.1) is 0 Å². The molecule has 0 aromatic heterocycles. The molecule has 76 valence electrons. The minimum Gasteiger partial charge on any atom is -0.0651 e. The van der Waals surface area contributed by atoms with Crippen LogP contribution in [0.2, 0.25) is 0 Å². The van der Waals surface area contributed by atoms with Gasteiger partial charge in [0.25, 0.3) is 0 Å². The second-order valence-electron chi connectivity index (χ2n) is 5.48. The quantitative estimate of drug-likeness (QED) is 0.600. The van der Waals surface area contributed by atoms with E-state index in [1.807, 2.05) is 0 Å². The first-order valence-corrected chi connectivity index (χ1v) is 6.26. The van der Waals surface area contributed by atoms with Gasteiger partial charge in [0, 0.05) is 0 Å². The number of fused-ring (bicyclic) bond motifs is 1. The number of hydrogen-bond acceptors (Lipinski definition) is 0. The lowest BCUT2D eigenvalue weighted by atomic mass is 9.89. The van der Waals surface area contributed by atoms with Gasteiger partial charge in [-0.25, -0.2) is 0 Å². The van der Waals surface area contributed by atoms with Crippen molar-refractivity contribution in [2.45, 2.75) is 52.9 Å². The van der Waals surface area contributed by atoms with Crippen LogP contribution in [-0.4, -0.2) is 0 Å². The zero-order valence-electron chi connectivity index (χ0n) is 9.42. The van der Waals surface area contributed by atoms with Crippen LogP contribution in [0.15, 0.2) is 0 Å². The van der Waals surface area contributed by atoms with Crippen molar-refractivity contribution in [2.75, 3.05) is 0 Å². The fourth-order valence-corrected chi connectivity index (χ4v) is 4.14. The molecule has 2 aliphatic carbocycles. The predicted octanol–water partition coefficient (Wildman–Crippen LogP) is 4.10. The molecule has 0 nitrogen and oxygen atoms in total. The summed E-state index contributed by atoms with van der Waals surface area (Å²) >= 11 is 0. The molecule has 0 heteroatoms. The maximum atomic E-state index is 2.46. The van der Waals surface area contributed by atoms with E-state index in [4.69, 9.17) is 0 Å². The summed E-state index contributed by atoms with van der Waals surface area (Å²) in [7, 11) is 0. The van der Waals surface area contributed by atoms with E-state index in [0.717, 1.165) is 29.6 Å². The molecule has 0 saturated heterocycles. The second-order valence-corrected chi connectivity index (χ2v) is 5.48. The molecule has 2 saturated carbocycles. The van der Waals surface area contributed by atoms with Crippen LogP contribution in [0.1, 0.15) is 52.9 Å². The predicted molar refractivity (Wildman–Crippen MR) is 57.6 cm³/mol. The van der Waals surface area contributed by atoms with E-state index in [1.54, 1.807) is 19.3 Å². The molecule has 0 radical (unpaired) electrons. The molecular formula is C13H24. The lowest BCUT2D eigenvalue weighted by Crippen LogP contribution is -2.10. The Labute approximate surface area is 83.1 Å². The zero-order chi connectivity index (χ0) is 9.42. The SMILES string of the molecule is CCC1CC(CC)C2CC(C)CC12. The molecule has 0 amide bonds. The summed E-state index contributed by atoms with van der Waals surface area (Å²) in [4.78, 5) is 0. The Morgan fingerprint density at radius 2 is 1.31 bits per heavy atom. The van der Waals surface area contributed by atoms with Crippen LogP contribution in [0.5, 0.6) is 0 Å². The molecule has 4 unspecified atom stereocenters. The van der Waals surface area contributed by atoms with Crippen molar-refractivity contribution >= 4 is 0 Å². The van der Waals surface area contributed by atoms with E-state index >= 15 is 0 Å². The Hall–Kier alpha value is 0. The molecule has 0 spiro atoms. The van der Waals surface area contributed by atoms with Gasteiger partial charge in [-0.1, -0.05) is 33.6 Å². The minimum atomic E-state index is 1.03. The van der Waals surface area contributed by atoms with Gasteiger partial charge >= 0.3 is 0 Å². The fourth-order valence-electron chi connectivity index (χ4n) is 4.14. The Balaban J connectivity index is 2.07. The van der Waals surface area contributed by atoms with Crippen molar-refractivity contribution in [3.63, 3.8) is 0 Å². The summed E-state index contributed by atoms with van der Waals surface area (Å²) in [5.41, 5.74) is 0. The van der Waals surface area contributed by atoms with E-state index in [0.29, 0.717) is 0 Å². The fraction of sp³-hybridized carbons (Fsp3) is 1.00. The molecule has 0 aromatic rings. The van der Waals surface area contributed by atoms with Crippen LogP contribution in [0, 0.1) is 29.6 Å². The van der Waals surface area contributed by atoms with Crippen molar-refractivity contribution < 1.29 is 0 Å². The molecule has 2 aliphatic rings. The lowest BCUT2D eigenvalue weighted by Gasteiger charge is -2.17. The van der Waals surface area contributed by atoms with Gasteiger partial charge in [-0.05, 0) is 48.9 Å².